The number of aromatic nitrogens is 2. The Morgan fingerprint density at radius 2 is 1.88 bits per heavy atom. The lowest BCUT2D eigenvalue weighted by Gasteiger charge is -2.18. The standard InChI is InChI=1S/C19H18FN3O2S/c1-22(11-12-25-16-9-7-14(20)8-10-16)18(24)17-13-21-19(26)23(17)15-5-3-2-4-6-15/h2-10,13H,11-12H2,1H3,(H,21,26). The molecule has 0 atom stereocenters. The molecule has 0 aliphatic carbocycles. The number of hydrogen-bond donors (Lipinski definition) is 1. The van der Waals surface area contributed by atoms with E-state index in [-0.39, 0.29) is 11.7 Å². The zero-order valence-electron chi connectivity index (χ0n) is 14.2. The smallest absolute Gasteiger partial charge is 0.272 e. The number of H-pyrrole nitrogens is 1. The van der Waals surface area contributed by atoms with Gasteiger partial charge in [0.1, 0.15) is 23.9 Å². The molecule has 0 spiro atoms. The Labute approximate surface area is 155 Å². The van der Waals surface area contributed by atoms with Crippen molar-refractivity contribution < 1.29 is 13.9 Å². The quantitative estimate of drug-likeness (QED) is 0.670. The monoisotopic (exact) mass is 371 g/mol. The minimum atomic E-state index is -0.317. The fourth-order valence-corrected chi connectivity index (χ4v) is 2.75. The summed E-state index contributed by atoms with van der Waals surface area (Å²) in [6.07, 6.45) is 1.61. The van der Waals surface area contributed by atoms with Gasteiger partial charge in [-0.05, 0) is 48.6 Å². The Balaban J connectivity index is 1.67. The lowest BCUT2D eigenvalue weighted by atomic mass is 10.3. The third-order valence-corrected chi connectivity index (χ3v) is 4.17. The summed E-state index contributed by atoms with van der Waals surface area (Å²) in [6, 6.07) is 15.2. The van der Waals surface area contributed by atoms with Crippen molar-refractivity contribution in [3.8, 4) is 11.4 Å². The zero-order chi connectivity index (χ0) is 18.5. The van der Waals surface area contributed by atoms with Crippen molar-refractivity contribution in [3.63, 3.8) is 0 Å². The van der Waals surface area contributed by atoms with Crippen LogP contribution in [0.3, 0.4) is 0 Å². The number of carbonyl (C=O) groups is 1. The van der Waals surface area contributed by atoms with Gasteiger partial charge in [0.05, 0.1) is 6.54 Å². The molecule has 5 nitrogen and oxygen atoms in total. The Hall–Kier alpha value is -2.93. The molecule has 0 saturated heterocycles. The number of nitrogens with one attached hydrogen (secondary N) is 1. The van der Waals surface area contributed by atoms with Crippen molar-refractivity contribution in [1.82, 2.24) is 14.5 Å². The molecule has 1 aromatic heterocycles. The number of halogens is 1. The summed E-state index contributed by atoms with van der Waals surface area (Å²) in [5, 5.41) is 0. The van der Waals surface area contributed by atoms with Gasteiger partial charge in [-0.15, -0.1) is 0 Å². The van der Waals surface area contributed by atoms with Crippen LogP contribution in [0.4, 0.5) is 4.39 Å². The van der Waals surface area contributed by atoms with Gasteiger partial charge in [-0.2, -0.15) is 0 Å². The van der Waals surface area contributed by atoms with Crippen LogP contribution in [-0.2, 0) is 0 Å². The Morgan fingerprint density at radius 3 is 2.58 bits per heavy atom. The number of amides is 1. The second kappa shape index (κ2) is 7.97. The Bertz CT molecular complexity index is 935. The number of hydrogen-bond acceptors (Lipinski definition) is 3. The maximum atomic E-state index is 12.9. The van der Waals surface area contributed by atoms with Gasteiger partial charge in [0.2, 0.25) is 0 Å². The van der Waals surface area contributed by atoms with E-state index in [2.05, 4.69) is 4.98 Å². The maximum Gasteiger partial charge on any atom is 0.272 e. The highest BCUT2D eigenvalue weighted by atomic mass is 32.1. The molecule has 0 aliphatic rings. The number of ether oxygens (including phenoxy) is 1. The van der Waals surface area contributed by atoms with Gasteiger partial charge in [-0.25, -0.2) is 4.39 Å². The number of nitrogens with zero attached hydrogens (tertiary/aromatic N) is 2. The summed E-state index contributed by atoms with van der Waals surface area (Å²) in [7, 11) is 1.70. The molecule has 0 fully saturated rings. The van der Waals surface area contributed by atoms with E-state index in [0.717, 1.165) is 5.69 Å². The van der Waals surface area contributed by atoms with Crippen LogP contribution in [0.1, 0.15) is 10.5 Å². The van der Waals surface area contributed by atoms with Crippen molar-refractivity contribution in [3.05, 3.63) is 77.1 Å². The van der Waals surface area contributed by atoms with Gasteiger partial charge in [0.15, 0.2) is 4.77 Å². The first-order valence-electron chi connectivity index (χ1n) is 8.06. The van der Waals surface area contributed by atoms with E-state index in [0.29, 0.717) is 29.4 Å². The summed E-state index contributed by atoms with van der Waals surface area (Å²) in [5.74, 6) is 0.0623. The van der Waals surface area contributed by atoms with Crippen LogP contribution in [0.15, 0.2) is 60.8 Å². The van der Waals surface area contributed by atoms with E-state index in [1.165, 1.54) is 12.1 Å². The van der Waals surface area contributed by atoms with E-state index in [1.807, 2.05) is 30.3 Å². The molecule has 3 rings (SSSR count). The number of rotatable bonds is 6. The Morgan fingerprint density at radius 1 is 1.19 bits per heavy atom. The summed E-state index contributed by atoms with van der Waals surface area (Å²) in [5.41, 5.74) is 1.27. The first-order chi connectivity index (χ1) is 12.6. The molecule has 0 unspecified atom stereocenters. The average Bonchev–Trinajstić information content (AvgIpc) is 3.04. The first kappa shape index (κ1) is 17.9. The number of benzene rings is 2. The van der Waals surface area contributed by atoms with E-state index < -0.39 is 0 Å². The minimum Gasteiger partial charge on any atom is -0.492 e. The predicted octanol–water partition coefficient (Wildman–Crippen LogP) is 3.82. The van der Waals surface area contributed by atoms with E-state index in [4.69, 9.17) is 17.0 Å². The van der Waals surface area contributed by atoms with Crippen molar-refractivity contribution >= 4 is 18.1 Å². The fraction of sp³-hybridized carbons (Fsp3) is 0.158. The zero-order valence-corrected chi connectivity index (χ0v) is 15.0. The van der Waals surface area contributed by atoms with Gasteiger partial charge in [-0.3, -0.25) is 9.36 Å². The third kappa shape index (κ3) is 4.00. The molecule has 1 N–H and O–H groups in total. The average molecular weight is 371 g/mol. The Kier molecular flexibility index (Phi) is 5.48. The molecule has 0 aliphatic heterocycles. The molecule has 7 heteroatoms. The first-order valence-corrected chi connectivity index (χ1v) is 8.47. The largest absolute Gasteiger partial charge is 0.492 e. The van der Waals surface area contributed by atoms with Gasteiger partial charge >= 0.3 is 0 Å². The molecule has 3 aromatic rings. The number of para-hydroxylation sites is 1. The molecular formula is C19H18FN3O2S. The van der Waals surface area contributed by atoms with E-state index >= 15 is 0 Å². The molecule has 2 aromatic carbocycles. The van der Waals surface area contributed by atoms with Crippen LogP contribution in [0.25, 0.3) is 5.69 Å². The van der Waals surface area contributed by atoms with Crippen LogP contribution in [0, 0.1) is 10.6 Å². The molecule has 26 heavy (non-hydrogen) atoms. The SMILES string of the molecule is CN(CCOc1ccc(F)cc1)C(=O)c1c[nH]c(=S)n1-c1ccccc1. The van der Waals surface area contributed by atoms with Crippen molar-refractivity contribution in [2.24, 2.45) is 0 Å². The van der Waals surface area contributed by atoms with E-state index in [1.54, 1.807) is 34.8 Å². The highest BCUT2D eigenvalue weighted by Crippen LogP contribution is 2.14. The predicted molar refractivity (Wildman–Crippen MR) is 99.8 cm³/mol. The minimum absolute atomic E-state index is 0.177. The van der Waals surface area contributed by atoms with Crippen molar-refractivity contribution in [2.45, 2.75) is 0 Å². The topological polar surface area (TPSA) is 50.3 Å². The molecular weight excluding hydrogens is 353 g/mol. The molecule has 0 saturated carbocycles. The van der Waals surface area contributed by atoms with Crippen LogP contribution in [-0.4, -0.2) is 40.6 Å². The second-order valence-electron chi connectivity index (χ2n) is 5.68. The lowest BCUT2D eigenvalue weighted by Crippen LogP contribution is -2.32. The van der Waals surface area contributed by atoms with Gasteiger partial charge in [0.25, 0.3) is 5.91 Å². The number of imidazole rings is 1. The van der Waals surface area contributed by atoms with Gasteiger partial charge in [-0.1, -0.05) is 18.2 Å². The van der Waals surface area contributed by atoms with Gasteiger partial charge in [0, 0.05) is 18.9 Å². The molecule has 1 heterocycles. The summed E-state index contributed by atoms with van der Waals surface area (Å²) >= 11 is 5.30. The molecule has 0 radical (unpaired) electrons. The number of likely N-dealkylation sites (N-methyl/N-ethyl adjacent to an activating group) is 1. The van der Waals surface area contributed by atoms with Crippen LogP contribution < -0.4 is 4.74 Å². The van der Waals surface area contributed by atoms with Crippen LogP contribution >= 0.6 is 12.2 Å². The number of carbonyl (C=O) groups excluding carboxylic acids is 1. The normalized spacial score (nSPS) is 10.5. The molecule has 0 bridgehead atoms. The van der Waals surface area contributed by atoms with Crippen LogP contribution in [0.2, 0.25) is 0 Å². The van der Waals surface area contributed by atoms with Crippen LogP contribution in [0.5, 0.6) is 5.75 Å². The fourth-order valence-electron chi connectivity index (χ4n) is 2.49. The highest BCUT2D eigenvalue weighted by Gasteiger charge is 2.18. The summed E-state index contributed by atoms with van der Waals surface area (Å²) in [4.78, 5) is 17.3. The molecule has 134 valence electrons. The highest BCUT2D eigenvalue weighted by molar-refractivity contribution is 7.71. The lowest BCUT2D eigenvalue weighted by molar-refractivity contribution is 0.0766. The summed E-state index contributed by atoms with van der Waals surface area (Å²) in [6.45, 7) is 0.674. The third-order valence-electron chi connectivity index (χ3n) is 3.87. The molecule has 1 amide bonds. The maximum absolute atomic E-state index is 12.9. The second-order valence-corrected chi connectivity index (χ2v) is 6.07. The van der Waals surface area contributed by atoms with Crippen molar-refractivity contribution in [1.29, 1.82) is 0 Å². The van der Waals surface area contributed by atoms with Crippen molar-refractivity contribution in [2.75, 3.05) is 20.2 Å². The van der Waals surface area contributed by atoms with Gasteiger partial charge < -0.3 is 14.6 Å². The van der Waals surface area contributed by atoms with E-state index in [9.17, 15) is 9.18 Å². The number of aromatic amines is 1. The summed E-state index contributed by atoms with van der Waals surface area (Å²) < 4.78 is 20.6.